The summed E-state index contributed by atoms with van der Waals surface area (Å²) >= 11 is 1.21. The van der Waals surface area contributed by atoms with Crippen molar-refractivity contribution < 1.29 is 4.79 Å². The molecule has 1 fully saturated rings. The fourth-order valence-corrected chi connectivity index (χ4v) is 2.71. The maximum Gasteiger partial charge on any atom is 0.265 e. The molecule has 0 atom stereocenters. The van der Waals surface area contributed by atoms with Crippen molar-refractivity contribution in [1.29, 1.82) is 0 Å². The molecule has 0 saturated heterocycles. The number of hydrogen-bond donors (Lipinski definition) is 1. The second kappa shape index (κ2) is 5.39. The Morgan fingerprint density at radius 1 is 1.50 bits per heavy atom. The topological polar surface area (TPSA) is 54.9 Å². The second-order valence-electron chi connectivity index (χ2n) is 4.25. The van der Waals surface area contributed by atoms with Crippen molar-refractivity contribution >= 4 is 17.4 Å². The first kappa shape index (κ1) is 11.5. The standard InChI is InChI=1S/C11H17N3OS/c1-2-5-9-10(16-14-13-9)11(15)12-8-6-3-4-7-8/h8H,2-7H2,1H3,(H,12,15). The van der Waals surface area contributed by atoms with Gasteiger partial charge in [0, 0.05) is 6.04 Å². The first-order valence-electron chi connectivity index (χ1n) is 5.93. The molecule has 1 aliphatic carbocycles. The van der Waals surface area contributed by atoms with E-state index in [0.717, 1.165) is 31.4 Å². The van der Waals surface area contributed by atoms with Crippen LogP contribution in [0.25, 0.3) is 0 Å². The van der Waals surface area contributed by atoms with Gasteiger partial charge in [-0.15, -0.1) is 5.10 Å². The monoisotopic (exact) mass is 239 g/mol. The van der Waals surface area contributed by atoms with Crippen LogP contribution in [0, 0.1) is 0 Å². The van der Waals surface area contributed by atoms with Crippen LogP contribution < -0.4 is 5.32 Å². The van der Waals surface area contributed by atoms with E-state index < -0.39 is 0 Å². The van der Waals surface area contributed by atoms with Crippen LogP contribution in [-0.2, 0) is 6.42 Å². The van der Waals surface area contributed by atoms with Crippen LogP contribution in [0.2, 0.25) is 0 Å². The summed E-state index contributed by atoms with van der Waals surface area (Å²) in [6.45, 7) is 2.08. The minimum absolute atomic E-state index is 0.0188. The molecule has 1 N–H and O–H groups in total. The molecule has 2 rings (SSSR count). The number of carbonyl (C=O) groups is 1. The second-order valence-corrected chi connectivity index (χ2v) is 5.01. The number of amides is 1. The van der Waals surface area contributed by atoms with Crippen molar-refractivity contribution in [3.63, 3.8) is 0 Å². The number of rotatable bonds is 4. The number of aromatic nitrogens is 2. The molecule has 1 heterocycles. The zero-order chi connectivity index (χ0) is 11.4. The highest BCUT2D eigenvalue weighted by molar-refractivity contribution is 7.08. The quantitative estimate of drug-likeness (QED) is 0.876. The Hall–Kier alpha value is -0.970. The van der Waals surface area contributed by atoms with E-state index in [-0.39, 0.29) is 5.91 Å². The first-order chi connectivity index (χ1) is 7.81. The van der Waals surface area contributed by atoms with Crippen LogP contribution >= 0.6 is 11.5 Å². The molecule has 0 unspecified atom stereocenters. The van der Waals surface area contributed by atoms with E-state index in [2.05, 4.69) is 21.8 Å². The zero-order valence-corrected chi connectivity index (χ0v) is 10.3. The van der Waals surface area contributed by atoms with E-state index in [4.69, 9.17) is 0 Å². The number of nitrogens with zero attached hydrogens (tertiary/aromatic N) is 2. The average molecular weight is 239 g/mol. The molecular weight excluding hydrogens is 222 g/mol. The minimum atomic E-state index is 0.0188. The minimum Gasteiger partial charge on any atom is -0.349 e. The smallest absolute Gasteiger partial charge is 0.265 e. The van der Waals surface area contributed by atoms with Gasteiger partial charge in [-0.3, -0.25) is 4.79 Å². The number of hydrogen-bond acceptors (Lipinski definition) is 4. The summed E-state index contributed by atoms with van der Waals surface area (Å²) in [5, 5.41) is 7.08. The van der Waals surface area contributed by atoms with Crippen LogP contribution in [-0.4, -0.2) is 21.5 Å². The highest BCUT2D eigenvalue weighted by atomic mass is 32.1. The van der Waals surface area contributed by atoms with E-state index in [0.29, 0.717) is 10.9 Å². The van der Waals surface area contributed by atoms with Crippen LogP contribution in [0.4, 0.5) is 0 Å². The highest BCUT2D eigenvalue weighted by Gasteiger charge is 2.21. The molecule has 16 heavy (non-hydrogen) atoms. The van der Waals surface area contributed by atoms with Crippen LogP contribution in [0.1, 0.15) is 54.4 Å². The molecule has 1 aromatic heterocycles. The molecule has 0 bridgehead atoms. The van der Waals surface area contributed by atoms with Gasteiger partial charge < -0.3 is 5.32 Å². The van der Waals surface area contributed by atoms with Gasteiger partial charge >= 0.3 is 0 Å². The number of carbonyl (C=O) groups excluding carboxylic acids is 1. The normalized spacial score (nSPS) is 16.6. The van der Waals surface area contributed by atoms with Gasteiger partial charge in [0.25, 0.3) is 5.91 Å². The summed E-state index contributed by atoms with van der Waals surface area (Å²) in [5.41, 5.74) is 0.850. The van der Waals surface area contributed by atoms with E-state index >= 15 is 0 Å². The third-order valence-electron chi connectivity index (χ3n) is 2.94. The lowest BCUT2D eigenvalue weighted by molar-refractivity contribution is 0.0941. The van der Waals surface area contributed by atoms with Crippen LogP contribution in [0.5, 0.6) is 0 Å². The zero-order valence-electron chi connectivity index (χ0n) is 9.53. The molecule has 1 saturated carbocycles. The first-order valence-corrected chi connectivity index (χ1v) is 6.70. The van der Waals surface area contributed by atoms with Gasteiger partial charge in [0.15, 0.2) is 0 Å². The van der Waals surface area contributed by atoms with Gasteiger partial charge in [-0.1, -0.05) is 30.7 Å². The van der Waals surface area contributed by atoms with Crippen LogP contribution in [0.15, 0.2) is 0 Å². The lowest BCUT2D eigenvalue weighted by Gasteiger charge is -2.10. The summed E-state index contributed by atoms with van der Waals surface area (Å²) < 4.78 is 3.87. The van der Waals surface area contributed by atoms with Gasteiger partial charge in [0.05, 0.1) is 5.69 Å². The Balaban J connectivity index is 1.99. The molecule has 0 aromatic carbocycles. The van der Waals surface area contributed by atoms with E-state index in [1.54, 1.807) is 0 Å². The third kappa shape index (κ3) is 2.58. The molecule has 0 spiro atoms. The molecule has 1 aliphatic rings. The predicted molar refractivity (Wildman–Crippen MR) is 63.6 cm³/mol. The molecule has 5 heteroatoms. The van der Waals surface area contributed by atoms with Crippen molar-refractivity contribution in [3.05, 3.63) is 10.6 Å². The Bertz CT molecular complexity index is 358. The van der Waals surface area contributed by atoms with Gasteiger partial charge in [0.1, 0.15) is 4.88 Å². The largest absolute Gasteiger partial charge is 0.349 e. The van der Waals surface area contributed by atoms with Gasteiger partial charge in [-0.25, -0.2) is 0 Å². The van der Waals surface area contributed by atoms with Gasteiger partial charge in [0.2, 0.25) is 0 Å². The summed E-state index contributed by atoms with van der Waals surface area (Å²) in [7, 11) is 0. The van der Waals surface area contributed by atoms with Crippen molar-refractivity contribution in [2.75, 3.05) is 0 Å². The van der Waals surface area contributed by atoms with Gasteiger partial charge in [-0.05, 0) is 30.8 Å². The van der Waals surface area contributed by atoms with Crippen molar-refractivity contribution in [1.82, 2.24) is 14.9 Å². The average Bonchev–Trinajstić information content (AvgIpc) is 2.89. The molecule has 0 aliphatic heterocycles. The van der Waals surface area contributed by atoms with E-state index in [1.165, 1.54) is 24.4 Å². The SMILES string of the molecule is CCCc1nnsc1C(=O)NC1CCCC1. The van der Waals surface area contributed by atoms with Crippen LogP contribution in [0.3, 0.4) is 0 Å². The molecule has 4 nitrogen and oxygen atoms in total. The lowest BCUT2D eigenvalue weighted by Crippen LogP contribution is -2.32. The molecular formula is C11H17N3OS. The fraction of sp³-hybridized carbons (Fsp3) is 0.727. The number of aryl methyl sites for hydroxylation is 1. The maximum atomic E-state index is 12.0. The Morgan fingerprint density at radius 2 is 2.25 bits per heavy atom. The third-order valence-corrected chi connectivity index (χ3v) is 3.71. The molecule has 1 amide bonds. The van der Waals surface area contributed by atoms with E-state index in [9.17, 15) is 4.79 Å². The predicted octanol–water partition coefficient (Wildman–Crippen LogP) is 2.16. The maximum absolute atomic E-state index is 12.0. The Labute approximate surface area is 99.6 Å². The molecule has 0 radical (unpaired) electrons. The lowest BCUT2D eigenvalue weighted by atomic mass is 10.2. The van der Waals surface area contributed by atoms with Gasteiger partial charge in [-0.2, -0.15) is 0 Å². The fourth-order valence-electron chi connectivity index (χ4n) is 2.10. The highest BCUT2D eigenvalue weighted by Crippen LogP contribution is 2.19. The van der Waals surface area contributed by atoms with Crippen molar-refractivity contribution in [3.8, 4) is 0 Å². The van der Waals surface area contributed by atoms with Crippen molar-refractivity contribution in [2.24, 2.45) is 0 Å². The van der Waals surface area contributed by atoms with Crippen molar-refractivity contribution in [2.45, 2.75) is 51.5 Å². The summed E-state index contributed by atoms with van der Waals surface area (Å²) in [6, 6.07) is 0.365. The Morgan fingerprint density at radius 3 is 2.94 bits per heavy atom. The molecule has 1 aromatic rings. The summed E-state index contributed by atoms with van der Waals surface area (Å²) in [4.78, 5) is 12.7. The van der Waals surface area contributed by atoms with E-state index in [1.807, 2.05) is 0 Å². The molecule has 88 valence electrons. The number of nitrogens with one attached hydrogen (secondary N) is 1. The summed E-state index contributed by atoms with van der Waals surface area (Å²) in [5.74, 6) is 0.0188. The summed E-state index contributed by atoms with van der Waals surface area (Å²) in [6.07, 6.45) is 6.52. The Kier molecular flexibility index (Phi) is 3.88.